The van der Waals surface area contributed by atoms with E-state index in [0.29, 0.717) is 50.2 Å². The molecule has 2 fully saturated rings. The van der Waals surface area contributed by atoms with Gasteiger partial charge in [-0.15, -0.1) is 13.2 Å². The Morgan fingerprint density at radius 1 is 1.18 bits per heavy atom. The SMILES string of the molecule is C=CCS(=O)(=O)NC(=O)c1ccc2c(c1)N(C[C@@H]1CC[C@H]1[C@@H]1C[C@](O)(C=C)CCO1)CC1(CCCc3cc(Cl)ccc31)CO2. The lowest BCUT2D eigenvalue weighted by Gasteiger charge is -2.48. The maximum atomic E-state index is 13.1. The number of nitrogens with one attached hydrogen (secondary N) is 1. The highest BCUT2D eigenvalue weighted by Crippen LogP contribution is 2.48. The third-order valence-corrected chi connectivity index (χ3v) is 11.5. The van der Waals surface area contributed by atoms with Gasteiger partial charge in [-0.25, -0.2) is 13.1 Å². The van der Waals surface area contributed by atoms with Gasteiger partial charge in [0.1, 0.15) is 5.75 Å². The highest BCUT2D eigenvalue weighted by molar-refractivity contribution is 7.90. The fourth-order valence-corrected chi connectivity index (χ4v) is 8.59. The summed E-state index contributed by atoms with van der Waals surface area (Å²) in [6.07, 6.45) is 8.92. The molecule has 2 aliphatic heterocycles. The highest BCUT2D eigenvalue weighted by atomic mass is 35.5. The molecule has 5 atom stereocenters. The van der Waals surface area contributed by atoms with Crippen LogP contribution in [0.1, 0.15) is 60.0 Å². The summed E-state index contributed by atoms with van der Waals surface area (Å²) in [6, 6.07) is 11.3. The molecule has 6 rings (SSSR count). The van der Waals surface area contributed by atoms with Crippen LogP contribution in [0, 0.1) is 11.8 Å². The summed E-state index contributed by atoms with van der Waals surface area (Å²) in [7, 11) is -3.84. The van der Waals surface area contributed by atoms with Gasteiger partial charge in [0.15, 0.2) is 0 Å². The Morgan fingerprint density at radius 3 is 2.77 bits per heavy atom. The van der Waals surface area contributed by atoms with Crippen LogP contribution in [0.2, 0.25) is 5.02 Å². The Hall–Kier alpha value is -2.85. The maximum Gasteiger partial charge on any atom is 0.264 e. The van der Waals surface area contributed by atoms with E-state index in [1.165, 1.54) is 17.2 Å². The second-order valence-electron chi connectivity index (χ2n) is 13.0. The molecule has 236 valence electrons. The zero-order valence-corrected chi connectivity index (χ0v) is 26.5. The van der Waals surface area contributed by atoms with Gasteiger partial charge in [0.05, 0.1) is 36.4 Å². The molecule has 0 bridgehead atoms. The van der Waals surface area contributed by atoms with Crippen molar-refractivity contribution in [1.29, 1.82) is 0 Å². The number of aryl methyl sites for hydroxylation is 1. The average molecular weight is 641 g/mol. The average Bonchev–Trinajstić information content (AvgIpc) is 3.12. The van der Waals surface area contributed by atoms with E-state index in [1.54, 1.807) is 24.3 Å². The molecule has 1 unspecified atom stereocenters. The molecule has 2 aliphatic carbocycles. The maximum absolute atomic E-state index is 13.1. The zero-order valence-electron chi connectivity index (χ0n) is 25.0. The molecule has 1 spiro atoms. The normalized spacial score (nSPS) is 29.8. The van der Waals surface area contributed by atoms with Crippen molar-refractivity contribution in [1.82, 2.24) is 4.72 Å². The third kappa shape index (κ3) is 6.16. The molecular weight excluding hydrogens is 600 g/mol. The summed E-state index contributed by atoms with van der Waals surface area (Å²) < 4.78 is 39.6. The topological polar surface area (TPSA) is 105 Å². The fourth-order valence-electron chi connectivity index (χ4n) is 7.60. The number of anilines is 1. The van der Waals surface area contributed by atoms with Crippen molar-refractivity contribution >= 4 is 33.2 Å². The van der Waals surface area contributed by atoms with Gasteiger partial charge in [0.25, 0.3) is 5.91 Å². The minimum absolute atomic E-state index is 0.0492. The van der Waals surface area contributed by atoms with E-state index >= 15 is 0 Å². The van der Waals surface area contributed by atoms with Crippen molar-refractivity contribution in [2.24, 2.45) is 11.8 Å². The van der Waals surface area contributed by atoms with Crippen LogP contribution in [0.3, 0.4) is 0 Å². The van der Waals surface area contributed by atoms with Crippen molar-refractivity contribution in [3.05, 3.63) is 83.4 Å². The molecule has 44 heavy (non-hydrogen) atoms. The molecule has 10 heteroatoms. The number of aliphatic hydroxyl groups is 1. The molecule has 8 nitrogen and oxygen atoms in total. The predicted octanol–water partition coefficient (Wildman–Crippen LogP) is 5.18. The Labute approximate surface area is 265 Å². The van der Waals surface area contributed by atoms with Gasteiger partial charge in [0.2, 0.25) is 10.0 Å². The molecule has 2 N–H and O–H groups in total. The number of halogens is 1. The lowest BCUT2D eigenvalue weighted by atomic mass is 9.67. The Balaban J connectivity index is 1.34. The predicted molar refractivity (Wildman–Crippen MR) is 172 cm³/mol. The monoisotopic (exact) mass is 640 g/mol. The number of carbonyl (C=O) groups is 1. The van der Waals surface area contributed by atoms with Gasteiger partial charge < -0.3 is 19.5 Å². The number of benzene rings is 2. The van der Waals surface area contributed by atoms with Crippen LogP contribution in [0.25, 0.3) is 0 Å². The number of hydrogen-bond acceptors (Lipinski definition) is 7. The summed E-state index contributed by atoms with van der Waals surface area (Å²) in [5.41, 5.74) is 2.32. The molecule has 1 amide bonds. The van der Waals surface area contributed by atoms with E-state index in [9.17, 15) is 18.3 Å². The van der Waals surface area contributed by atoms with Crippen molar-refractivity contribution < 1.29 is 27.8 Å². The second-order valence-corrected chi connectivity index (χ2v) is 15.2. The first-order chi connectivity index (χ1) is 21.0. The van der Waals surface area contributed by atoms with Gasteiger partial charge in [0, 0.05) is 41.9 Å². The van der Waals surface area contributed by atoms with Gasteiger partial charge in [-0.1, -0.05) is 29.8 Å². The number of sulfonamides is 1. The molecule has 2 heterocycles. The Kier molecular flexibility index (Phi) is 8.60. The van der Waals surface area contributed by atoms with Crippen LogP contribution in [0.5, 0.6) is 5.75 Å². The summed E-state index contributed by atoms with van der Waals surface area (Å²) in [4.78, 5) is 15.4. The molecule has 0 aromatic heterocycles. The van der Waals surface area contributed by atoms with Crippen molar-refractivity contribution in [3.63, 3.8) is 0 Å². The van der Waals surface area contributed by atoms with Gasteiger partial charge in [-0.3, -0.25) is 4.79 Å². The first-order valence-electron chi connectivity index (χ1n) is 15.5. The van der Waals surface area contributed by atoms with E-state index < -0.39 is 21.5 Å². The van der Waals surface area contributed by atoms with E-state index in [1.807, 2.05) is 6.07 Å². The largest absolute Gasteiger partial charge is 0.490 e. The summed E-state index contributed by atoms with van der Waals surface area (Å²) in [5.74, 6) is 0.233. The Bertz CT molecular complexity index is 1560. The van der Waals surface area contributed by atoms with Crippen LogP contribution >= 0.6 is 11.6 Å². The van der Waals surface area contributed by atoms with E-state index in [-0.39, 0.29) is 22.8 Å². The number of rotatable bonds is 8. The number of fused-ring (bicyclic) bond motifs is 3. The van der Waals surface area contributed by atoms with Crippen molar-refractivity contribution in [2.45, 2.75) is 62.1 Å². The van der Waals surface area contributed by atoms with Crippen molar-refractivity contribution in [2.75, 3.05) is 37.0 Å². The molecule has 0 radical (unpaired) electrons. The van der Waals surface area contributed by atoms with E-state index in [2.05, 4.69) is 34.9 Å². The molecule has 2 aromatic carbocycles. The summed E-state index contributed by atoms with van der Waals surface area (Å²) >= 11 is 6.40. The van der Waals surface area contributed by atoms with Gasteiger partial charge in [-0.05, 0) is 85.4 Å². The molecule has 2 aromatic rings. The molecule has 1 saturated heterocycles. The number of hydrogen-bond donors (Lipinski definition) is 2. The second kappa shape index (κ2) is 12.2. The van der Waals surface area contributed by atoms with Crippen LogP contribution in [0.15, 0.2) is 61.7 Å². The van der Waals surface area contributed by atoms with E-state index in [0.717, 1.165) is 49.4 Å². The zero-order chi connectivity index (χ0) is 31.1. The van der Waals surface area contributed by atoms with Crippen molar-refractivity contribution in [3.8, 4) is 5.75 Å². The van der Waals surface area contributed by atoms with Crippen LogP contribution in [-0.4, -0.2) is 63.2 Å². The standard InChI is InChI=1S/C34H41ClN2O6S/c1-3-16-44(40,41)36-32(38)24-8-12-30-29(18-24)37(20-25-7-10-27(25)31-19-34(39,4-2)14-15-42-31)21-33(22-43-30)13-5-6-23-17-26(35)9-11-28(23)33/h3-4,8-9,11-12,17-18,25,27,31,39H,1-2,5-7,10,13-16,19-22H2,(H,36,38)/t25-,27+,31-,33?,34-/m0/s1. The summed E-state index contributed by atoms with van der Waals surface area (Å²) in [6.45, 7) is 9.72. The number of carbonyl (C=O) groups excluding carboxylic acids is 1. The molecule has 4 aliphatic rings. The minimum Gasteiger partial charge on any atom is -0.490 e. The highest BCUT2D eigenvalue weighted by Gasteiger charge is 2.46. The lowest BCUT2D eigenvalue weighted by Crippen LogP contribution is -2.52. The van der Waals surface area contributed by atoms with Gasteiger partial charge >= 0.3 is 0 Å². The first kappa shape index (κ1) is 31.1. The third-order valence-electron chi connectivity index (χ3n) is 10.1. The quantitative estimate of drug-likeness (QED) is 0.383. The number of amides is 1. The lowest BCUT2D eigenvalue weighted by molar-refractivity contribution is -0.125. The van der Waals surface area contributed by atoms with E-state index in [4.69, 9.17) is 21.1 Å². The van der Waals surface area contributed by atoms with Crippen LogP contribution < -0.4 is 14.4 Å². The minimum atomic E-state index is -3.84. The summed E-state index contributed by atoms with van der Waals surface area (Å²) in [5, 5.41) is 11.7. The number of ether oxygens (including phenoxy) is 2. The van der Waals surface area contributed by atoms with Crippen LogP contribution in [0.4, 0.5) is 5.69 Å². The van der Waals surface area contributed by atoms with Gasteiger partial charge in [-0.2, -0.15) is 0 Å². The molecule has 1 saturated carbocycles. The number of nitrogens with zero attached hydrogens (tertiary/aromatic N) is 1. The fraction of sp³-hybridized carbons (Fsp3) is 0.500. The first-order valence-corrected chi connectivity index (χ1v) is 17.5. The Morgan fingerprint density at radius 2 is 2.02 bits per heavy atom. The van der Waals surface area contributed by atoms with Crippen LogP contribution in [-0.2, 0) is 26.6 Å². The molecular formula is C34H41ClN2O6S. The smallest absolute Gasteiger partial charge is 0.264 e.